The molecule has 136 valence electrons. The summed E-state index contributed by atoms with van der Waals surface area (Å²) >= 11 is 1.43. The van der Waals surface area contributed by atoms with Crippen molar-refractivity contribution in [3.8, 4) is 0 Å². The molecule has 3 aromatic rings. The fraction of sp³-hybridized carbons (Fsp3) is 0.421. The third-order valence-electron chi connectivity index (χ3n) is 4.75. The van der Waals surface area contributed by atoms with Crippen LogP contribution in [0.3, 0.4) is 0 Å². The Labute approximate surface area is 156 Å². The first-order chi connectivity index (χ1) is 12.6. The van der Waals surface area contributed by atoms with Crippen LogP contribution in [0.1, 0.15) is 25.3 Å². The zero-order valence-corrected chi connectivity index (χ0v) is 15.8. The van der Waals surface area contributed by atoms with Crippen LogP contribution < -0.4 is 5.32 Å². The van der Waals surface area contributed by atoms with Crippen molar-refractivity contribution in [1.29, 1.82) is 0 Å². The molecule has 1 amide bonds. The van der Waals surface area contributed by atoms with Crippen molar-refractivity contribution in [2.24, 2.45) is 0 Å². The number of aryl methyl sites for hydroxylation is 1. The van der Waals surface area contributed by atoms with Crippen LogP contribution in [0.4, 0.5) is 0 Å². The molecule has 2 atom stereocenters. The molecular weight excluding hydrogens is 348 g/mol. The highest BCUT2D eigenvalue weighted by molar-refractivity contribution is 8.00. The van der Waals surface area contributed by atoms with E-state index in [1.54, 1.807) is 0 Å². The molecule has 3 heterocycles. The zero-order valence-electron chi connectivity index (χ0n) is 14.9. The van der Waals surface area contributed by atoms with Gasteiger partial charge in [-0.15, -0.1) is 10.2 Å². The molecular formula is C19H22N4O2S. The first-order valence-electron chi connectivity index (χ1n) is 8.93. The van der Waals surface area contributed by atoms with E-state index in [1.165, 1.54) is 17.3 Å². The minimum absolute atomic E-state index is 0.00123. The standard InChI is InChI=1S/C19H22N4O2S/c1-12-10-17-21-22-19(23(17)16-8-4-3-7-15(12)16)26-13(2)18(24)20-11-14-6-5-9-25-14/h3-4,7-8,10,13-14H,5-6,9,11H2,1-2H3,(H,20,24)/t13-,14-/m0/s1. The number of carbonyl (C=O) groups is 1. The lowest BCUT2D eigenvalue weighted by atomic mass is 10.1. The Hall–Kier alpha value is -2.12. The van der Waals surface area contributed by atoms with Gasteiger partial charge in [-0.05, 0) is 44.4 Å². The van der Waals surface area contributed by atoms with Crippen LogP contribution in [0.5, 0.6) is 0 Å². The minimum atomic E-state index is -0.260. The maximum absolute atomic E-state index is 12.4. The van der Waals surface area contributed by atoms with Crippen LogP contribution in [0.15, 0.2) is 35.5 Å². The highest BCUT2D eigenvalue weighted by atomic mass is 32.2. The van der Waals surface area contributed by atoms with Gasteiger partial charge in [0.25, 0.3) is 0 Å². The molecule has 4 rings (SSSR count). The van der Waals surface area contributed by atoms with E-state index in [0.29, 0.717) is 6.54 Å². The van der Waals surface area contributed by atoms with Crippen LogP contribution in [0, 0.1) is 6.92 Å². The number of carbonyl (C=O) groups excluding carboxylic acids is 1. The van der Waals surface area contributed by atoms with E-state index in [2.05, 4.69) is 34.6 Å². The van der Waals surface area contributed by atoms with Crippen LogP contribution in [0.2, 0.25) is 0 Å². The maximum Gasteiger partial charge on any atom is 0.233 e. The van der Waals surface area contributed by atoms with Gasteiger partial charge in [0.15, 0.2) is 10.8 Å². The number of hydrogen-bond donors (Lipinski definition) is 1. The van der Waals surface area contributed by atoms with E-state index in [0.717, 1.165) is 41.2 Å². The molecule has 1 aliphatic rings. The van der Waals surface area contributed by atoms with Gasteiger partial charge in [-0.1, -0.05) is 30.0 Å². The van der Waals surface area contributed by atoms with Crippen LogP contribution in [-0.4, -0.2) is 45.0 Å². The number of hydrogen-bond acceptors (Lipinski definition) is 5. The number of rotatable bonds is 5. The Kier molecular flexibility index (Phi) is 4.82. The van der Waals surface area contributed by atoms with E-state index in [-0.39, 0.29) is 17.3 Å². The summed E-state index contributed by atoms with van der Waals surface area (Å²) in [5.41, 5.74) is 3.03. The second-order valence-electron chi connectivity index (χ2n) is 6.66. The van der Waals surface area contributed by atoms with Crippen molar-refractivity contribution >= 4 is 34.2 Å². The Bertz CT molecular complexity index is 949. The smallest absolute Gasteiger partial charge is 0.233 e. The molecule has 0 radical (unpaired) electrons. The highest BCUT2D eigenvalue weighted by Gasteiger charge is 2.21. The number of pyridine rings is 1. The second-order valence-corrected chi connectivity index (χ2v) is 7.97. The van der Waals surface area contributed by atoms with Gasteiger partial charge in [0, 0.05) is 18.5 Å². The Balaban J connectivity index is 1.55. The largest absolute Gasteiger partial charge is 0.376 e. The molecule has 0 unspecified atom stereocenters. The van der Waals surface area contributed by atoms with Gasteiger partial charge in [-0.25, -0.2) is 0 Å². The van der Waals surface area contributed by atoms with Crippen molar-refractivity contribution in [3.63, 3.8) is 0 Å². The molecule has 1 aromatic carbocycles. The Morgan fingerprint density at radius 2 is 2.27 bits per heavy atom. The molecule has 1 fully saturated rings. The summed E-state index contributed by atoms with van der Waals surface area (Å²) in [5, 5.41) is 13.2. The minimum Gasteiger partial charge on any atom is -0.376 e. The Morgan fingerprint density at radius 3 is 3.08 bits per heavy atom. The molecule has 0 bridgehead atoms. The summed E-state index contributed by atoms with van der Waals surface area (Å²) in [4.78, 5) is 12.4. The van der Waals surface area contributed by atoms with Gasteiger partial charge in [0.1, 0.15) is 0 Å². The topological polar surface area (TPSA) is 68.5 Å². The van der Waals surface area contributed by atoms with Crippen molar-refractivity contribution in [1.82, 2.24) is 19.9 Å². The molecule has 0 aliphatic carbocycles. The second kappa shape index (κ2) is 7.25. The fourth-order valence-corrected chi connectivity index (χ4v) is 4.22. The van der Waals surface area contributed by atoms with E-state index in [1.807, 2.05) is 29.5 Å². The van der Waals surface area contributed by atoms with Gasteiger partial charge in [-0.2, -0.15) is 0 Å². The number of thioether (sulfide) groups is 1. The lowest BCUT2D eigenvalue weighted by Crippen LogP contribution is -2.36. The van der Waals surface area contributed by atoms with E-state index < -0.39 is 0 Å². The highest BCUT2D eigenvalue weighted by Crippen LogP contribution is 2.28. The van der Waals surface area contributed by atoms with Crippen LogP contribution >= 0.6 is 11.8 Å². The third-order valence-corrected chi connectivity index (χ3v) is 5.80. The molecule has 0 spiro atoms. The summed E-state index contributed by atoms with van der Waals surface area (Å²) in [5.74, 6) is -0.00123. The molecule has 1 N–H and O–H groups in total. The summed E-state index contributed by atoms with van der Waals surface area (Å²) in [7, 11) is 0. The average molecular weight is 370 g/mol. The van der Waals surface area contributed by atoms with E-state index in [9.17, 15) is 4.79 Å². The molecule has 7 heteroatoms. The number of amides is 1. The van der Waals surface area contributed by atoms with Crippen molar-refractivity contribution < 1.29 is 9.53 Å². The van der Waals surface area contributed by atoms with Gasteiger partial charge in [0.05, 0.1) is 16.9 Å². The molecule has 6 nitrogen and oxygen atoms in total. The van der Waals surface area contributed by atoms with E-state index in [4.69, 9.17) is 4.74 Å². The average Bonchev–Trinajstić information content (AvgIpc) is 3.30. The Morgan fingerprint density at radius 1 is 1.42 bits per heavy atom. The number of aromatic nitrogens is 3. The summed E-state index contributed by atoms with van der Waals surface area (Å²) < 4.78 is 7.58. The number of benzene rings is 1. The van der Waals surface area contributed by atoms with Crippen molar-refractivity contribution in [3.05, 3.63) is 35.9 Å². The predicted octanol–water partition coefficient (Wildman–Crippen LogP) is 2.97. The first-order valence-corrected chi connectivity index (χ1v) is 9.81. The molecule has 1 aliphatic heterocycles. The number of ether oxygens (including phenoxy) is 1. The summed E-state index contributed by atoms with van der Waals surface area (Å²) in [6.45, 7) is 5.34. The van der Waals surface area contributed by atoms with Crippen molar-refractivity contribution in [2.75, 3.05) is 13.2 Å². The SMILES string of the molecule is Cc1cc2nnc(S[C@@H](C)C(=O)NC[C@@H]3CCCO3)n2c2ccccc12. The van der Waals surface area contributed by atoms with Gasteiger partial charge >= 0.3 is 0 Å². The van der Waals surface area contributed by atoms with Gasteiger partial charge in [0.2, 0.25) is 5.91 Å². The predicted molar refractivity (Wildman–Crippen MR) is 103 cm³/mol. The fourth-order valence-electron chi connectivity index (χ4n) is 3.33. The summed E-state index contributed by atoms with van der Waals surface area (Å²) in [6, 6.07) is 10.2. The van der Waals surface area contributed by atoms with Gasteiger partial charge < -0.3 is 10.1 Å². The quantitative estimate of drug-likeness (QED) is 0.700. The monoisotopic (exact) mass is 370 g/mol. The normalized spacial score (nSPS) is 18.5. The van der Waals surface area contributed by atoms with E-state index >= 15 is 0 Å². The number of nitrogens with zero attached hydrogens (tertiary/aromatic N) is 3. The molecule has 26 heavy (non-hydrogen) atoms. The molecule has 0 saturated carbocycles. The summed E-state index contributed by atoms with van der Waals surface area (Å²) in [6.07, 6.45) is 2.24. The molecule has 1 saturated heterocycles. The molecule has 2 aromatic heterocycles. The zero-order chi connectivity index (χ0) is 18.1. The third kappa shape index (κ3) is 3.29. The van der Waals surface area contributed by atoms with Crippen LogP contribution in [0.25, 0.3) is 16.6 Å². The number of para-hydroxylation sites is 1. The number of nitrogens with one attached hydrogen (secondary N) is 1. The van der Waals surface area contributed by atoms with Gasteiger partial charge in [-0.3, -0.25) is 9.20 Å². The van der Waals surface area contributed by atoms with Crippen LogP contribution in [-0.2, 0) is 9.53 Å². The number of fused-ring (bicyclic) bond motifs is 3. The van der Waals surface area contributed by atoms with Crippen molar-refractivity contribution in [2.45, 2.75) is 43.2 Å². The first kappa shape index (κ1) is 17.3. The lowest BCUT2D eigenvalue weighted by Gasteiger charge is -2.14. The maximum atomic E-state index is 12.4. The lowest BCUT2D eigenvalue weighted by molar-refractivity contribution is -0.120.